The van der Waals surface area contributed by atoms with Crippen molar-refractivity contribution in [2.24, 2.45) is 0 Å². The van der Waals surface area contributed by atoms with Crippen LogP contribution in [0, 0.1) is 11.3 Å². The van der Waals surface area contributed by atoms with Crippen molar-refractivity contribution in [3.05, 3.63) is 83.7 Å². The number of nitrogens with one attached hydrogen (secondary N) is 1. The Morgan fingerprint density at radius 3 is 2.60 bits per heavy atom. The summed E-state index contributed by atoms with van der Waals surface area (Å²) in [6.07, 6.45) is 2.07. The summed E-state index contributed by atoms with van der Waals surface area (Å²) >= 11 is 0. The van der Waals surface area contributed by atoms with Gasteiger partial charge < -0.3 is 14.2 Å². The Hall–Kier alpha value is -4.55. The first-order valence-electron chi connectivity index (χ1n) is 11.0. The van der Waals surface area contributed by atoms with Gasteiger partial charge >= 0.3 is 0 Å². The van der Waals surface area contributed by atoms with E-state index in [0.717, 1.165) is 11.9 Å². The number of nitrogens with zero attached hydrogens (tertiary/aromatic N) is 5. The molecule has 0 unspecified atom stereocenters. The van der Waals surface area contributed by atoms with E-state index in [1.165, 1.54) is 12.3 Å². The molecule has 2 aromatic carbocycles. The molecule has 0 spiro atoms. The van der Waals surface area contributed by atoms with Gasteiger partial charge in [-0.05, 0) is 48.9 Å². The maximum Gasteiger partial charge on any atom is 0.259 e. The molecular weight excluding hydrogens is 444 g/mol. The highest BCUT2D eigenvalue weighted by Gasteiger charge is 2.18. The number of benzene rings is 2. The van der Waals surface area contributed by atoms with Crippen LogP contribution < -0.4 is 10.2 Å². The number of aryl methyl sites for hydroxylation is 1. The lowest BCUT2D eigenvalue weighted by Gasteiger charge is -2.17. The van der Waals surface area contributed by atoms with Crippen molar-refractivity contribution >= 4 is 34.5 Å². The highest BCUT2D eigenvalue weighted by Crippen LogP contribution is 2.26. The normalized spacial score (nSPS) is 10.7. The number of rotatable bonds is 8. The van der Waals surface area contributed by atoms with E-state index in [9.17, 15) is 9.59 Å². The first-order valence-corrected chi connectivity index (χ1v) is 11.0. The van der Waals surface area contributed by atoms with Crippen LogP contribution >= 0.6 is 0 Å². The summed E-state index contributed by atoms with van der Waals surface area (Å²) in [5.41, 5.74) is 3.27. The van der Waals surface area contributed by atoms with Gasteiger partial charge in [-0.25, -0.2) is 9.97 Å². The van der Waals surface area contributed by atoms with Crippen molar-refractivity contribution in [3.8, 4) is 6.07 Å². The first-order chi connectivity index (χ1) is 17.0. The number of methoxy groups -OCH3 is 1. The Balaban J connectivity index is 1.65. The predicted molar refractivity (Wildman–Crippen MR) is 132 cm³/mol. The maximum absolute atomic E-state index is 12.9. The highest BCUT2D eigenvalue weighted by molar-refractivity contribution is 6.07. The summed E-state index contributed by atoms with van der Waals surface area (Å²) in [7, 11) is 3.35. The minimum absolute atomic E-state index is 0.133. The smallest absolute Gasteiger partial charge is 0.259 e. The van der Waals surface area contributed by atoms with Gasteiger partial charge in [0.1, 0.15) is 11.8 Å². The van der Waals surface area contributed by atoms with Crippen molar-refractivity contribution in [1.82, 2.24) is 14.5 Å². The summed E-state index contributed by atoms with van der Waals surface area (Å²) in [5, 5.41) is 11.8. The van der Waals surface area contributed by atoms with Gasteiger partial charge in [-0.3, -0.25) is 14.9 Å². The Morgan fingerprint density at radius 1 is 1.11 bits per heavy atom. The van der Waals surface area contributed by atoms with Gasteiger partial charge in [-0.1, -0.05) is 18.2 Å². The molecular formula is C26H24N6O3. The van der Waals surface area contributed by atoms with Gasteiger partial charge in [0.25, 0.3) is 11.8 Å². The summed E-state index contributed by atoms with van der Waals surface area (Å²) in [6, 6.07) is 19.6. The van der Waals surface area contributed by atoms with E-state index in [-0.39, 0.29) is 17.5 Å². The van der Waals surface area contributed by atoms with Crippen LogP contribution in [0.5, 0.6) is 0 Å². The van der Waals surface area contributed by atoms with Gasteiger partial charge in [-0.2, -0.15) is 5.26 Å². The zero-order chi connectivity index (χ0) is 24.8. The third-order valence-corrected chi connectivity index (χ3v) is 5.54. The second-order valence-electron chi connectivity index (χ2n) is 7.83. The van der Waals surface area contributed by atoms with Crippen molar-refractivity contribution in [2.75, 3.05) is 31.0 Å². The van der Waals surface area contributed by atoms with Crippen LogP contribution in [-0.4, -0.2) is 47.1 Å². The molecule has 0 fully saturated rings. The predicted octanol–water partition coefficient (Wildman–Crippen LogP) is 3.87. The SMILES string of the molecule is COCCCn1c(NC(=O)c2ccc(C#N)nc2)nc2cc(N(C)C(=O)c3ccccc3)ccc21. The van der Waals surface area contributed by atoms with Gasteiger partial charge in [0.15, 0.2) is 0 Å². The fourth-order valence-electron chi connectivity index (χ4n) is 3.68. The van der Waals surface area contributed by atoms with Crippen LogP contribution in [0.4, 0.5) is 11.6 Å². The third-order valence-electron chi connectivity index (χ3n) is 5.54. The van der Waals surface area contributed by atoms with Crippen LogP contribution in [0.3, 0.4) is 0 Å². The van der Waals surface area contributed by atoms with Crippen LogP contribution in [0.25, 0.3) is 11.0 Å². The quantitative estimate of drug-likeness (QED) is 0.393. The summed E-state index contributed by atoms with van der Waals surface area (Å²) in [5.74, 6) is -0.146. The number of ether oxygens (including phenoxy) is 1. The molecule has 0 saturated heterocycles. The van der Waals surface area contributed by atoms with Crippen molar-refractivity contribution < 1.29 is 14.3 Å². The van der Waals surface area contributed by atoms with E-state index in [0.29, 0.717) is 41.4 Å². The van der Waals surface area contributed by atoms with Gasteiger partial charge in [0.05, 0.1) is 16.6 Å². The van der Waals surface area contributed by atoms with Crippen LogP contribution in [0.1, 0.15) is 32.8 Å². The number of pyridine rings is 1. The largest absolute Gasteiger partial charge is 0.385 e. The Labute approximate surface area is 202 Å². The molecule has 1 N–H and O–H groups in total. The number of anilines is 2. The molecule has 35 heavy (non-hydrogen) atoms. The topological polar surface area (TPSA) is 113 Å². The lowest BCUT2D eigenvalue weighted by molar-refractivity contribution is 0.0991. The molecule has 4 rings (SSSR count). The average Bonchev–Trinajstić information content (AvgIpc) is 3.24. The van der Waals surface area contributed by atoms with Crippen molar-refractivity contribution in [2.45, 2.75) is 13.0 Å². The third kappa shape index (κ3) is 5.18. The second-order valence-corrected chi connectivity index (χ2v) is 7.83. The van der Waals surface area contributed by atoms with Gasteiger partial charge in [-0.15, -0.1) is 0 Å². The number of carbonyl (C=O) groups is 2. The van der Waals surface area contributed by atoms with Crippen LogP contribution in [-0.2, 0) is 11.3 Å². The summed E-state index contributed by atoms with van der Waals surface area (Å²) in [4.78, 5) is 35.9. The molecule has 0 saturated carbocycles. The van der Waals surface area contributed by atoms with E-state index in [1.807, 2.05) is 47.0 Å². The molecule has 9 nitrogen and oxygen atoms in total. The Kier molecular flexibility index (Phi) is 7.14. The molecule has 2 amide bonds. The molecule has 0 radical (unpaired) electrons. The summed E-state index contributed by atoms with van der Waals surface area (Å²) < 4.78 is 7.09. The van der Waals surface area contributed by atoms with E-state index in [2.05, 4.69) is 15.3 Å². The summed E-state index contributed by atoms with van der Waals surface area (Å²) in [6.45, 7) is 1.13. The first kappa shape index (κ1) is 23.6. The zero-order valence-electron chi connectivity index (χ0n) is 19.4. The number of carbonyl (C=O) groups excluding carboxylic acids is 2. The van der Waals surface area contributed by atoms with E-state index < -0.39 is 0 Å². The van der Waals surface area contributed by atoms with Crippen molar-refractivity contribution in [1.29, 1.82) is 5.26 Å². The molecule has 0 atom stereocenters. The molecule has 2 aromatic heterocycles. The average molecular weight is 469 g/mol. The minimum Gasteiger partial charge on any atom is -0.385 e. The van der Waals surface area contributed by atoms with Crippen LogP contribution in [0.15, 0.2) is 66.9 Å². The fraction of sp³-hybridized carbons (Fsp3) is 0.192. The Morgan fingerprint density at radius 2 is 1.91 bits per heavy atom. The molecule has 0 aliphatic carbocycles. The maximum atomic E-state index is 12.9. The van der Waals surface area contributed by atoms with Gasteiger partial charge in [0.2, 0.25) is 5.95 Å². The minimum atomic E-state index is -0.387. The molecule has 2 heterocycles. The fourth-order valence-corrected chi connectivity index (χ4v) is 3.68. The van der Waals surface area contributed by atoms with Crippen LogP contribution in [0.2, 0.25) is 0 Å². The highest BCUT2D eigenvalue weighted by atomic mass is 16.5. The molecule has 0 aliphatic heterocycles. The van der Waals surface area contributed by atoms with E-state index in [4.69, 9.17) is 10.00 Å². The van der Waals surface area contributed by atoms with E-state index >= 15 is 0 Å². The lowest BCUT2D eigenvalue weighted by Crippen LogP contribution is -2.26. The van der Waals surface area contributed by atoms with E-state index in [1.54, 1.807) is 37.3 Å². The lowest BCUT2D eigenvalue weighted by atomic mass is 10.2. The number of amides is 2. The molecule has 4 aromatic rings. The molecule has 176 valence electrons. The number of aromatic nitrogens is 3. The molecule has 0 aliphatic rings. The standard InChI is InChI=1S/C26H24N6O3/c1-31(25(34)18-7-4-3-5-8-18)21-11-12-23-22(15-21)29-26(32(23)13-6-14-35-2)30-24(33)19-9-10-20(16-27)28-17-19/h3-5,7-12,15,17H,6,13-14H2,1-2H3,(H,29,30,33). The monoisotopic (exact) mass is 468 g/mol. The molecule has 0 bridgehead atoms. The number of nitriles is 1. The second kappa shape index (κ2) is 10.6. The molecule has 9 heteroatoms. The van der Waals surface area contributed by atoms with Crippen molar-refractivity contribution in [3.63, 3.8) is 0 Å². The number of hydrogen-bond acceptors (Lipinski definition) is 6. The Bertz CT molecular complexity index is 1390. The zero-order valence-corrected chi connectivity index (χ0v) is 19.4. The number of fused-ring (bicyclic) bond motifs is 1. The number of hydrogen-bond donors (Lipinski definition) is 1. The van der Waals surface area contributed by atoms with Gasteiger partial charge in [0, 0.05) is 44.8 Å². The number of imidazole rings is 1.